The Bertz CT molecular complexity index is 1820. The zero-order valence-electron chi connectivity index (χ0n) is 26.9. The normalized spacial score (nSPS) is 12.5. The second kappa shape index (κ2) is 16.2. The summed E-state index contributed by atoms with van der Waals surface area (Å²) in [7, 11) is 0. The summed E-state index contributed by atoms with van der Waals surface area (Å²) < 4.78 is 7.83. The number of aliphatic carboxylic acids is 1. The summed E-state index contributed by atoms with van der Waals surface area (Å²) in [4.78, 5) is 29.7. The van der Waals surface area contributed by atoms with Gasteiger partial charge in [0.25, 0.3) is 0 Å². The molecule has 0 spiro atoms. The Morgan fingerprint density at radius 3 is 2.48 bits per heavy atom. The Morgan fingerprint density at radius 2 is 1.79 bits per heavy atom. The van der Waals surface area contributed by atoms with Gasteiger partial charge in [0, 0.05) is 37.2 Å². The van der Waals surface area contributed by atoms with Crippen molar-refractivity contribution in [2.75, 3.05) is 5.73 Å². The number of carbonyl (C=O) groups is 2. The van der Waals surface area contributed by atoms with Gasteiger partial charge < -0.3 is 20.1 Å². The molecule has 5 N–H and O–H groups in total. The van der Waals surface area contributed by atoms with E-state index in [2.05, 4.69) is 37.8 Å². The van der Waals surface area contributed by atoms with Gasteiger partial charge in [0.15, 0.2) is 5.15 Å². The molecule has 3 aromatic carbocycles. The van der Waals surface area contributed by atoms with Gasteiger partial charge in [-0.15, -0.1) is 10.2 Å². The fourth-order valence-corrected chi connectivity index (χ4v) is 5.84. The highest BCUT2D eigenvalue weighted by Gasteiger charge is 2.29. The molecule has 13 heteroatoms. The van der Waals surface area contributed by atoms with Crippen LogP contribution in [0.3, 0.4) is 0 Å². The average molecular weight is 671 g/mol. The number of nitrogens with two attached hydrogens (primary N) is 1. The number of tetrazole rings is 1. The Labute approximate surface area is 283 Å². The van der Waals surface area contributed by atoms with E-state index in [9.17, 15) is 14.7 Å². The maximum atomic E-state index is 13.5. The number of nitrogens with one attached hydrogen (secondary N) is 2. The van der Waals surface area contributed by atoms with Crippen LogP contribution in [0.4, 0.5) is 5.69 Å². The van der Waals surface area contributed by atoms with Gasteiger partial charge in [-0.3, -0.25) is 14.9 Å². The van der Waals surface area contributed by atoms with Crippen molar-refractivity contribution in [2.45, 2.75) is 65.3 Å². The van der Waals surface area contributed by atoms with Crippen LogP contribution in [0.2, 0.25) is 5.15 Å². The van der Waals surface area contributed by atoms with E-state index in [0.717, 1.165) is 46.5 Å². The Hall–Kier alpha value is -5.07. The first-order valence-corrected chi connectivity index (χ1v) is 16.2. The number of benzene rings is 3. The summed E-state index contributed by atoms with van der Waals surface area (Å²) >= 11 is 6.67. The van der Waals surface area contributed by atoms with E-state index < -0.39 is 23.9 Å². The number of nitrogen functional groups attached to an aromatic ring is 1. The minimum atomic E-state index is -1.01. The number of hydrogen-bond donors (Lipinski definition) is 4. The van der Waals surface area contributed by atoms with Crippen LogP contribution >= 0.6 is 11.6 Å². The van der Waals surface area contributed by atoms with E-state index >= 15 is 0 Å². The minimum Gasteiger partial charge on any atom is -0.481 e. The molecule has 0 radical (unpaired) electrons. The number of unbranched alkanes of at least 4 members (excludes halogenated alkanes) is 1. The van der Waals surface area contributed by atoms with Crippen molar-refractivity contribution in [2.24, 2.45) is 5.92 Å². The summed E-state index contributed by atoms with van der Waals surface area (Å²) in [6.07, 6.45) is 2.38. The second-order valence-electron chi connectivity index (χ2n) is 11.7. The number of esters is 1. The lowest BCUT2D eigenvalue weighted by Gasteiger charge is -2.23. The average Bonchev–Trinajstić information content (AvgIpc) is 3.72. The third kappa shape index (κ3) is 8.44. The SMILES string of the molecule is CCCCc1nc(Cl)c(COC(=O)[C@@H](NCc2ccccc2N)C(C)CC(=O)O)n1Cc1ccc(-c2ccccc2-c2nn[nH]n2)cc1. The van der Waals surface area contributed by atoms with Crippen molar-refractivity contribution in [1.29, 1.82) is 0 Å². The van der Waals surface area contributed by atoms with Crippen LogP contribution in [-0.2, 0) is 40.4 Å². The number of ether oxygens (including phenoxy) is 1. The molecular formula is C35H39ClN8O4. The zero-order valence-corrected chi connectivity index (χ0v) is 27.7. The number of anilines is 1. The van der Waals surface area contributed by atoms with Gasteiger partial charge in [-0.25, -0.2) is 4.98 Å². The molecule has 2 heterocycles. The van der Waals surface area contributed by atoms with Crippen molar-refractivity contribution in [3.8, 4) is 22.5 Å². The number of H-pyrrole nitrogens is 1. The van der Waals surface area contributed by atoms with Crippen LogP contribution in [-0.4, -0.2) is 53.3 Å². The van der Waals surface area contributed by atoms with Crippen LogP contribution in [0, 0.1) is 5.92 Å². The van der Waals surface area contributed by atoms with Crippen molar-refractivity contribution >= 4 is 29.2 Å². The Morgan fingerprint density at radius 1 is 1.06 bits per heavy atom. The summed E-state index contributed by atoms with van der Waals surface area (Å²) in [5.74, 6) is -0.826. The molecule has 0 aliphatic rings. The molecule has 250 valence electrons. The summed E-state index contributed by atoms with van der Waals surface area (Å²) in [6.45, 7) is 4.41. The smallest absolute Gasteiger partial charge is 0.323 e. The molecular weight excluding hydrogens is 632 g/mol. The molecule has 48 heavy (non-hydrogen) atoms. The number of carboxylic acids is 1. The molecule has 0 saturated carbocycles. The first kappa shape index (κ1) is 34.3. The lowest BCUT2D eigenvalue weighted by Crippen LogP contribution is -2.43. The minimum absolute atomic E-state index is 0.127. The molecule has 0 fully saturated rings. The van der Waals surface area contributed by atoms with E-state index in [0.29, 0.717) is 30.2 Å². The van der Waals surface area contributed by atoms with E-state index in [1.165, 1.54) is 0 Å². The molecule has 0 amide bonds. The third-order valence-electron chi connectivity index (χ3n) is 8.21. The second-order valence-corrected chi connectivity index (χ2v) is 12.0. The number of imidazole rings is 1. The molecule has 0 saturated heterocycles. The maximum absolute atomic E-state index is 13.5. The molecule has 2 atom stereocenters. The lowest BCUT2D eigenvalue weighted by molar-refractivity contribution is -0.150. The largest absolute Gasteiger partial charge is 0.481 e. The van der Waals surface area contributed by atoms with Gasteiger partial charge in [-0.2, -0.15) is 5.21 Å². The quantitative estimate of drug-likeness (QED) is 0.0756. The first-order valence-electron chi connectivity index (χ1n) is 15.9. The number of nitrogens with zero attached hydrogens (tertiary/aromatic N) is 5. The van der Waals surface area contributed by atoms with Crippen molar-refractivity contribution < 1.29 is 19.4 Å². The number of para-hydroxylation sites is 1. The highest BCUT2D eigenvalue weighted by molar-refractivity contribution is 6.30. The van der Waals surface area contributed by atoms with Crippen molar-refractivity contribution in [3.05, 3.63) is 101 Å². The molecule has 12 nitrogen and oxygen atoms in total. The van der Waals surface area contributed by atoms with E-state index in [4.69, 9.17) is 22.1 Å². The molecule has 0 aliphatic heterocycles. The van der Waals surface area contributed by atoms with Crippen LogP contribution < -0.4 is 11.1 Å². The van der Waals surface area contributed by atoms with Gasteiger partial charge >= 0.3 is 11.9 Å². The molecule has 5 aromatic rings. The molecule has 5 rings (SSSR count). The molecule has 0 aliphatic carbocycles. The van der Waals surface area contributed by atoms with E-state index in [-0.39, 0.29) is 24.7 Å². The standard InChI is InChI=1S/C35H39ClN8O4/c1-3-4-13-30-39-33(36)29(21-48-35(47)32(22(2)18-31(45)46)38-19-25-9-5-8-12-28(25)37)44(30)20-23-14-16-24(17-15-23)26-10-6-7-11-27(26)34-40-42-43-41-34/h5-12,14-17,22,32,38H,3-4,13,18-21,37H2,1-2H3,(H,45,46)(H,40,41,42,43)/t22?,32-/m0/s1. The van der Waals surface area contributed by atoms with Crippen LogP contribution in [0.5, 0.6) is 0 Å². The zero-order chi connectivity index (χ0) is 34.0. The van der Waals surface area contributed by atoms with Gasteiger partial charge in [-0.05, 0) is 45.9 Å². The number of carboxylic acid groups (broad SMARTS) is 1. The third-order valence-corrected chi connectivity index (χ3v) is 8.52. The summed E-state index contributed by atoms with van der Waals surface area (Å²) in [5, 5.41) is 27.4. The summed E-state index contributed by atoms with van der Waals surface area (Å²) in [6, 6.07) is 22.4. The predicted molar refractivity (Wildman–Crippen MR) is 183 cm³/mol. The maximum Gasteiger partial charge on any atom is 0.323 e. The van der Waals surface area contributed by atoms with Crippen LogP contribution in [0.1, 0.15) is 55.8 Å². The fraction of sp³-hybridized carbons (Fsp3) is 0.314. The van der Waals surface area contributed by atoms with Gasteiger partial charge in [0.2, 0.25) is 5.82 Å². The Kier molecular flexibility index (Phi) is 11.5. The fourth-order valence-electron chi connectivity index (χ4n) is 5.59. The molecule has 0 bridgehead atoms. The van der Waals surface area contributed by atoms with Gasteiger partial charge in [-0.1, -0.05) is 98.6 Å². The van der Waals surface area contributed by atoms with E-state index in [1.54, 1.807) is 13.0 Å². The summed E-state index contributed by atoms with van der Waals surface area (Å²) in [5.41, 5.74) is 11.9. The molecule has 2 aromatic heterocycles. The molecule has 1 unspecified atom stereocenters. The number of halogens is 1. The number of aromatic nitrogens is 6. The van der Waals surface area contributed by atoms with Crippen LogP contribution in [0.15, 0.2) is 72.8 Å². The number of carbonyl (C=O) groups excluding carboxylic acids is 1. The predicted octanol–water partition coefficient (Wildman–Crippen LogP) is 5.67. The number of aryl methyl sites for hydroxylation is 1. The van der Waals surface area contributed by atoms with E-state index in [1.807, 2.05) is 71.3 Å². The monoisotopic (exact) mass is 670 g/mol. The number of hydrogen-bond acceptors (Lipinski definition) is 9. The van der Waals surface area contributed by atoms with Crippen LogP contribution in [0.25, 0.3) is 22.5 Å². The Balaban J connectivity index is 1.35. The van der Waals surface area contributed by atoms with Gasteiger partial charge in [0.1, 0.15) is 18.5 Å². The topological polar surface area (TPSA) is 174 Å². The van der Waals surface area contributed by atoms with Crippen molar-refractivity contribution in [1.82, 2.24) is 35.5 Å². The van der Waals surface area contributed by atoms with Crippen molar-refractivity contribution in [3.63, 3.8) is 0 Å². The highest BCUT2D eigenvalue weighted by atomic mass is 35.5. The van der Waals surface area contributed by atoms with Gasteiger partial charge in [0.05, 0.1) is 5.69 Å². The number of rotatable bonds is 16. The highest BCUT2D eigenvalue weighted by Crippen LogP contribution is 2.30. The first-order chi connectivity index (χ1) is 23.2. The number of aromatic amines is 1. The lowest BCUT2D eigenvalue weighted by atomic mass is 9.98.